The summed E-state index contributed by atoms with van der Waals surface area (Å²) in [6.07, 6.45) is 3.59. The van der Waals surface area contributed by atoms with Gasteiger partial charge < -0.3 is 4.90 Å². The van der Waals surface area contributed by atoms with Gasteiger partial charge in [0.05, 0.1) is 5.92 Å². The molecule has 0 radical (unpaired) electrons. The Morgan fingerprint density at radius 3 is 2.79 bits per heavy atom. The van der Waals surface area contributed by atoms with Crippen LogP contribution < -0.4 is 0 Å². The third kappa shape index (κ3) is 2.27. The van der Waals surface area contributed by atoms with Crippen molar-refractivity contribution in [3.8, 4) is 0 Å². The molecule has 3 rings (SSSR count). The Hall–Kier alpha value is -1.35. The van der Waals surface area contributed by atoms with E-state index in [0.29, 0.717) is 6.54 Å². The van der Waals surface area contributed by atoms with Crippen molar-refractivity contribution in [3.63, 3.8) is 0 Å². The first-order valence-electron chi connectivity index (χ1n) is 6.75. The molecule has 1 aromatic rings. The van der Waals surface area contributed by atoms with E-state index in [1.807, 2.05) is 29.2 Å². The third-order valence-electron chi connectivity index (χ3n) is 4.28. The van der Waals surface area contributed by atoms with Crippen LogP contribution in [0.5, 0.6) is 0 Å². The van der Waals surface area contributed by atoms with Crippen molar-refractivity contribution in [1.82, 2.24) is 4.90 Å². The fourth-order valence-electron chi connectivity index (χ4n) is 3.19. The predicted octanol–water partition coefficient (Wildman–Crippen LogP) is 2.62. The minimum absolute atomic E-state index is 0.0562. The number of fused-ring (bicyclic) bond motifs is 2. The van der Waals surface area contributed by atoms with Crippen LogP contribution in [0.3, 0.4) is 0 Å². The molecule has 0 N–H and O–H groups in total. The first kappa shape index (κ1) is 12.7. The van der Waals surface area contributed by atoms with Crippen molar-refractivity contribution >= 4 is 22.8 Å². The van der Waals surface area contributed by atoms with Crippen LogP contribution in [0.25, 0.3) is 0 Å². The smallest absolute Gasteiger partial charge is 0.254 e. The number of benzene rings is 1. The summed E-state index contributed by atoms with van der Waals surface area (Å²) in [7, 11) is 0. The van der Waals surface area contributed by atoms with Gasteiger partial charge in [0, 0.05) is 18.2 Å². The van der Waals surface area contributed by atoms with E-state index in [1.165, 1.54) is 0 Å². The van der Waals surface area contributed by atoms with Crippen LogP contribution in [-0.2, 0) is 11.2 Å². The molecule has 4 heteroatoms. The molecule has 100 valence electrons. The fraction of sp³-hybridized carbons (Fsp3) is 0.467. The average Bonchev–Trinajstić information content (AvgIpc) is 2.57. The minimum Gasteiger partial charge on any atom is -0.335 e. The predicted molar refractivity (Wildman–Crippen MR) is 73.2 cm³/mol. The molecule has 1 aromatic carbocycles. The molecular formula is C15H16ClNO2. The normalized spacial score (nSPS) is 26.4. The number of amides is 1. The number of aryl methyl sites for hydroxylation is 1. The lowest BCUT2D eigenvalue weighted by atomic mass is 9.91. The Labute approximate surface area is 117 Å². The quantitative estimate of drug-likeness (QED) is 0.740. The van der Waals surface area contributed by atoms with Crippen LogP contribution in [0, 0.1) is 5.92 Å². The minimum atomic E-state index is -0.316. The van der Waals surface area contributed by atoms with Gasteiger partial charge in [-0.15, -0.1) is 0 Å². The molecule has 0 aliphatic carbocycles. The summed E-state index contributed by atoms with van der Waals surface area (Å²) in [5.74, 6) is -0.146. The molecule has 0 unspecified atom stereocenters. The van der Waals surface area contributed by atoms with Gasteiger partial charge in [0.25, 0.3) is 5.91 Å². The van der Waals surface area contributed by atoms with Crippen molar-refractivity contribution in [3.05, 3.63) is 35.4 Å². The summed E-state index contributed by atoms with van der Waals surface area (Å²) in [5, 5.41) is -0.316. The van der Waals surface area contributed by atoms with Crippen LogP contribution in [0.2, 0.25) is 0 Å². The Morgan fingerprint density at radius 2 is 2.00 bits per heavy atom. The van der Waals surface area contributed by atoms with Crippen molar-refractivity contribution in [1.29, 1.82) is 0 Å². The zero-order chi connectivity index (χ0) is 13.4. The lowest BCUT2D eigenvalue weighted by Gasteiger charge is -2.37. The van der Waals surface area contributed by atoms with Crippen molar-refractivity contribution in [2.75, 3.05) is 6.54 Å². The molecule has 3 nitrogen and oxygen atoms in total. The highest BCUT2D eigenvalue weighted by Crippen LogP contribution is 2.31. The molecule has 1 saturated heterocycles. The van der Waals surface area contributed by atoms with Crippen molar-refractivity contribution < 1.29 is 9.59 Å². The standard InChI is InChI=1S/C15H16ClNO2/c16-14(18)11-6-8-12-7-5-10-3-1-2-4-13(10)15(19)17(12)9-11/h1-4,11-12H,5-9H2/t11-,12-/m0/s1. The summed E-state index contributed by atoms with van der Waals surface area (Å²) in [6.45, 7) is 0.472. The van der Waals surface area contributed by atoms with E-state index in [9.17, 15) is 9.59 Å². The molecule has 2 aliphatic heterocycles. The highest BCUT2D eigenvalue weighted by atomic mass is 35.5. The van der Waals surface area contributed by atoms with Gasteiger partial charge >= 0.3 is 0 Å². The number of hydrogen-bond acceptors (Lipinski definition) is 2. The maximum absolute atomic E-state index is 12.6. The highest BCUT2D eigenvalue weighted by Gasteiger charge is 2.36. The Balaban J connectivity index is 1.92. The van der Waals surface area contributed by atoms with Gasteiger partial charge in [-0.3, -0.25) is 9.59 Å². The Bertz CT molecular complexity index is 529. The molecule has 0 bridgehead atoms. The molecule has 0 aromatic heterocycles. The van der Waals surface area contributed by atoms with E-state index in [4.69, 9.17) is 11.6 Å². The molecule has 2 heterocycles. The Kier molecular flexibility index (Phi) is 3.31. The summed E-state index contributed by atoms with van der Waals surface area (Å²) in [6, 6.07) is 8.03. The zero-order valence-corrected chi connectivity index (χ0v) is 11.4. The van der Waals surface area contributed by atoms with E-state index in [0.717, 1.165) is 36.8 Å². The monoisotopic (exact) mass is 277 g/mol. The maximum Gasteiger partial charge on any atom is 0.254 e. The van der Waals surface area contributed by atoms with Gasteiger partial charge in [0.1, 0.15) is 0 Å². The first-order chi connectivity index (χ1) is 9.16. The molecule has 2 aliphatic rings. The van der Waals surface area contributed by atoms with Gasteiger partial charge in [-0.2, -0.15) is 0 Å². The number of carbonyl (C=O) groups excluding carboxylic acids is 2. The lowest BCUT2D eigenvalue weighted by molar-refractivity contribution is -0.116. The van der Waals surface area contributed by atoms with E-state index >= 15 is 0 Å². The first-order valence-corrected chi connectivity index (χ1v) is 7.13. The van der Waals surface area contributed by atoms with Crippen LogP contribution in [-0.4, -0.2) is 28.6 Å². The topological polar surface area (TPSA) is 37.4 Å². The van der Waals surface area contributed by atoms with Gasteiger partial charge in [-0.25, -0.2) is 0 Å². The average molecular weight is 278 g/mol. The number of piperidine rings is 1. The van der Waals surface area contributed by atoms with E-state index in [-0.39, 0.29) is 23.1 Å². The van der Waals surface area contributed by atoms with Crippen LogP contribution in [0.4, 0.5) is 0 Å². The summed E-state index contributed by atoms with van der Waals surface area (Å²) in [4.78, 5) is 25.8. The molecule has 19 heavy (non-hydrogen) atoms. The van der Waals surface area contributed by atoms with Gasteiger partial charge in [-0.1, -0.05) is 18.2 Å². The molecule has 1 amide bonds. The molecule has 2 atom stereocenters. The van der Waals surface area contributed by atoms with Gasteiger partial charge in [-0.05, 0) is 48.9 Å². The van der Waals surface area contributed by atoms with Crippen LogP contribution in [0.1, 0.15) is 35.2 Å². The van der Waals surface area contributed by atoms with Crippen LogP contribution in [0.15, 0.2) is 24.3 Å². The second-order valence-corrected chi connectivity index (χ2v) is 5.76. The lowest BCUT2D eigenvalue weighted by Crippen LogP contribution is -2.47. The largest absolute Gasteiger partial charge is 0.335 e. The van der Waals surface area contributed by atoms with Gasteiger partial charge in [0.2, 0.25) is 5.24 Å². The summed E-state index contributed by atoms with van der Waals surface area (Å²) < 4.78 is 0. The van der Waals surface area contributed by atoms with Crippen LogP contribution >= 0.6 is 11.6 Å². The second kappa shape index (κ2) is 4.97. The Morgan fingerprint density at radius 1 is 1.21 bits per heavy atom. The molecule has 1 fully saturated rings. The summed E-state index contributed by atoms with van der Waals surface area (Å²) in [5.41, 5.74) is 1.91. The second-order valence-electron chi connectivity index (χ2n) is 5.39. The van der Waals surface area contributed by atoms with Gasteiger partial charge in [0.15, 0.2) is 0 Å². The SMILES string of the molecule is O=C(Cl)[C@H]1CC[C@@H]2CCc3ccccc3C(=O)N2C1. The van der Waals surface area contributed by atoms with E-state index in [1.54, 1.807) is 0 Å². The van der Waals surface area contributed by atoms with Crippen molar-refractivity contribution in [2.45, 2.75) is 31.7 Å². The summed E-state index contributed by atoms with van der Waals surface area (Å²) >= 11 is 5.60. The van der Waals surface area contributed by atoms with E-state index < -0.39 is 0 Å². The number of hydrogen-bond donors (Lipinski definition) is 0. The fourth-order valence-corrected chi connectivity index (χ4v) is 3.36. The molecular weight excluding hydrogens is 262 g/mol. The molecule has 0 saturated carbocycles. The number of halogens is 1. The molecule has 0 spiro atoms. The number of carbonyl (C=O) groups is 2. The highest BCUT2D eigenvalue weighted by molar-refractivity contribution is 6.64. The van der Waals surface area contributed by atoms with E-state index in [2.05, 4.69) is 0 Å². The third-order valence-corrected chi connectivity index (χ3v) is 4.59. The maximum atomic E-state index is 12.6. The zero-order valence-electron chi connectivity index (χ0n) is 10.6. The number of nitrogens with zero attached hydrogens (tertiary/aromatic N) is 1. The number of rotatable bonds is 1. The van der Waals surface area contributed by atoms with Crippen molar-refractivity contribution in [2.24, 2.45) is 5.92 Å².